The third kappa shape index (κ3) is 1.93. The Bertz CT molecular complexity index is 521. The lowest BCUT2D eigenvalue weighted by atomic mass is 9.94. The van der Waals surface area contributed by atoms with Crippen molar-refractivity contribution in [2.75, 3.05) is 6.54 Å². The molecule has 1 aromatic carbocycles. The number of pyridine rings is 1. The van der Waals surface area contributed by atoms with Gasteiger partial charge in [-0.2, -0.15) is 0 Å². The summed E-state index contributed by atoms with van der Waals surface area (Å²) in [5, 5.41) is 4.79. The molecule has 2 unspecified atom stereocenters. The van der Waals surface area contributed by atoms with Crippen LogP contribution < -0.4 is 5.32 Å². The molecule has 1 saturated heterocycles. The van der Waals surface area contributed by atoms with Crippen molar-refractivity contribution in [1.29, 1.82) is 0 Å². The zero-order valence-electron chi connectivity index (χ0n) is 10.2. The van der Waals surface area contributed by atoms with Crippen molar-refractivity contribution in [3.8, 4) is 0 Å². The molecule has 0 amide bonds. The molecule has 0 bridgehead atoms. The van der Waals surface area contributed by atoms with E-state index >= 15 is 0 Å². The van der Waals surface area contributed by atoms with Gasteiger partial charge < -0.3 is 5.32 Å². The summed E-state index contributed by atoms with van der Waals surface area (Å²) in [6.45, 7) is 3.37. The molecule has 0 radical (unpaired) electrons. The average molecular weight is 226 g/mol. The van der Waals surface area contributed by atoms with Gasteiger partial charge in [0.15, 0.2) is 0 Å². The number of benzene rings is 1. The van der Waals surface area contributed by atoms with Gasteiger partial charge in [-0.05, 0) is 31.5 Å². The van der Waals surface area contributed by atoms with Crippen LogP contribution in [-0.2, 0) is 0 Å². The highest BCUT2D eigenvalue weighted by Gasteiger charge is 2.27. The highest BCUT2D eigenvalue weighted by molar-refractivity contribution is 5.78. The summed E-state index contributed by atoms with van der Waals surface area (Å²) in [6.07, 6.45) is 2.39. The van der Waals surface area contributed by atoms with Gasteiger partial charge in [0.25, 0.3) is 0 Å². The zero-order valence-corrected chi connectivity index (χ0v) is 10.2. The summed E-state index contributed by atoms with van der Waals surface area (Å²) >= 11 is 0. The first-order chi connectivity index (χ1) is 8.38. The zero-order chi connectivity index (χ0) is 11.7. The van der Waals surface area contributed by atoms with E-state index in [1.807, 2.05) is 0 Å². The van der Waals surface area contributed by atoms with Gasteiger partial charge in [-0.1, -0.05) is 31.2 Å². The number of fused-ring (bicyclic) bond motifs is 1. The monoisotopic (exact) mass is 226 g/mol. The number of nitrogens with zero attached hydrogens (tertiary/aromatic N) is 1. The molecule has 1 N–H and O–H groups in total. The summed E-state index contributed by atoms with van der Waals surface area (Å²) in [5.41, 5.74) is 2.37. The fraction of sp³-hybridized carbons (Fsp3) is 0.400. The van der Waals surface area contributed by atoms with Crippen LogP contribution in [0.25, 0.3) is 10.9 Å². The Hall–Kier alpha value is -1.41. The Morgan fingerprint density at radius 2 is 2.12 bits per heavy atom. The maximum atomic E-state index is 4.82. The minimum atomic E-state index is 0.588. The lowest BCUT2D eigenvalue weighted by Gasteiger charge is -2.17. The highest BCUT2D eigenvalue weighted by atomic mass is 15.0. The van der Waals surface area contributed by atoms with Crippen molar-refractivity contribution in [2.45, 2.75) is 31.7 Å². The standard InChI is InChI=1S/C15H18N2/c1-2-13-12(9-10-16-13)15-8-7-11-5-3-4-6-14(11)17-15/h3-8,12-13,16H,2,9-10H2,1H3. The van der Waals surface area contributed by atoms with Gasteiger partial charge >= 0.3 is 0 Å². The predicted molar refractivity (Wildman–Crippen MR) is 71.2 cm³/mol. The molecule has 88 valence electrons. The number of hydrogen-bond donors (Lipinski definition) is 1. The van der Waals surface area contributed by atoms with Gasteiger partial charge in [-0.3, -0.25) is 4.98 Å². The molecule has 3 rings (SSSR count). The van der Waals surface area contributed by atoms with E-state index in [1.54, 1.807) is 0 Å². The molecule has 2 heterocycles. The van der Waals surface area contributed by atoms with Crippen molar-refractivity contribution in [2.24, 2.45) is 0 Å². The van der Waals surface area contributed by atoms with Gasteiger partial charge in [0.1, 0.15) is 0 Å². The van der Waals surface area contributed by atoms with Crippen LogP contribution in [0.2, 0.25) is 0 Å². The molecule has 1 aromatic heterocycles. The maximum Gasteiger partial charge on any atom is 0.0705 e. The van der Waals surface area contributed by atoms with E-state index in [4.69, 9.17) is 4.98 Å². The van der Waals surface area contributed by atoms with Crippen molar-refractivity contribution < 1.29 is 0 Å². The Morgan fingerprint density at radius 3 is 3.00 bits per heavy atom. The maximum absolute atomic E-state index is 4.82. The van der Waals surface area contributed by atoms with E-state index in [0.29, 0.717) is 12.0 Å². The van der Waals surface area contributed by atoms with Gasteiger partial charge in [0.05, 0.1) is 5.52 Å². The Morgan fingerprint density at radius 1 is 1.24 bits per heavy atom. The summed E-state index contributed by atoms with van der Waals surface area (Å²) in [6, 6.07) is 13.3. The lowest BCUT2D eigenvalue weighted by Crippen LogP contribution is -2.25. The van der Waals surface area contributed by atoms with E-state index in [9.17, 15) is 0 Å². The fourth-order valence-corrected chi connectivity index (χ4v) is 2.84. The van der Waals surface area contributed by atoms with E-state index in [1.165, 1.54) is 23.9 Å². The van der Waals surface area contributed by atoms with Crippen LogP contribution in [-0.4, -0.2) is 17.6 Å². The molecule has 2 nitrogen and oxygen atoms in total. The fourth-order valence-electron chi connectivity index (χ4n) is 2.84. The molecule has 17 heavy (non-hydrogen) atoms. The molecule has 2 atom stereocenters. The third-order valence-electron chi connectivity index (χ3n) is 3.79. The first kappa shape index (κ1) is 10.7. The lowest BCUT2D eigenvalue weighted by molar-refractivity contribution is 0.524. The van der Waals surface area contributed by atoms with Crippen molar-refractivity contribution in [1.82, 2.24) is 10.3 Å². The summed E-state index contributed by atoms with van der Waals surface area (Å²) < 4.78 is 0. The second kappa shape index (κ2) is 4.46. The molecule has 1 aliphatic heterocycles. The number of hydrogen-bond acceptors (Lipinski definition) is 2. The largest absolute Gasteiger partial charge is 0.313 e. The third-order valence-corrected chi connectivity index (χ3v) is 3.79. The van der Waals surface area contributed by atoms with Crippen molar-refractivity contribution in [3.63, 3.8) is 0 Å². The molecular weight excluding hydrogens is 208 g/mol. The second-order valence-corrected chi connectivity index (χ2v) is 4.79. The second-order valence-electron chi connectivity index (χ2n) is 4.79. The van der Waals surface area contributed by atoms with Crippen LogP contribution in [0.4, 0.5) is 0 Å². The van der Waals surface area contributed by atoms with Crippen LogP contribution in [0, 0.1) is 0 Å². The Balaban J connectivity index is 2.00. The van der Waals surface area contributed by atoms with Crippen LogP contribution in [0.15, 0.2) is 36.4 Å². The van der Waals surface area contributed by atoms with E-state index < -0.39 is 0 Å². The molecule has 0 saturated carbocycles. The molecule has 2 heteroatoms. The number of nitrogens with one attached hydrogen (secondary N) is 1. The molecular formula is C15H18N2. The molecule has 1 aliphatic rings. The van der Waals surface area contributed by atoms with Gasteiger partial charge in [0.2, 0.25) is 0 Å². The first-order valence-corrected chi connectivity index (χ1v) is 6.47. The van der Waals surface area contributed by atoms with Crippen molar-refractivity contribution in [3.05, 3.63) is 42.1 Å². The van der Waals surface area contributed by atoms with Crippen LogP contribution in [0.5, 0.6) is 0 Å². The highest BCUT2D eigenvalue weighted by Crippen LogP contribution is 2.29. The average Bonchev–Trinajstić information content (AvgIpc) is 2.86. The Labute approximate surface area is 102 Å². The van der Waals surface area contributed by atoms with Crippen molar-refractivity contribution >= 4 is 10.9 Å². The first-order valence-electron chi connectivity index (χ1n) is 6.47. The van der Waals surface area contributed by atoms with Gasteiger partial charge in [-0.25, -0.2) is 0 Å². The van der Waals surface area contributed by atoms with Gasteiger partial charge in [0, 0.05) is 23.0 Å². The van der Waals surface area contributed by atoms with Crippen LogP contribution in [0.3, 0.4) is 0 Å². The number of para-hydroxylation sites is 1. The summed E-state index contributed by atoms with van der Waals surface area (Å²) in [5.74, 6) is 0.588. The summed E-state index contributed by atoms with van der Waals surface area (Å²) in [4.78, 5) is 4.82. The minimum Gasteiger partial charge on any atom is -0.313 e. The quantitative estimate of drug-likeness (QED) is 0.851. The SMILES string of the molecule is CCC1NCCC1c1ccc2ccccc2n1. The molecule has 0 aliphatic carbocycles. The van der Waals surface area contributed by atoms with Crippen LogP contribution in [0.1, 0.15) is 31.4 Å². The minimum absolute atomic E-state index is 0.588. The normalized spacial score (nSPS) is 24.3. The van der Waals surface area contributed by atoms with E-state index in [2.05, 4.69) is 48.6 Å². The van der Waals surface area contributed by atoms with E-state index in [-0.39, 0.29) is 0 Å². The van der Waals surface area contributed by atoms with Crippen LogP contribution >= 0.6 is 0 Å². The summed E-state index contributed by atoms with van der Waals surface area (Å²) in [7, 11) is 0. The Kier molecular flexibility index (Phi) is 2.81. The molecule has 0 spiro atoms. The molecule has 1 fully saturated rings. The smallest absolute Gasteiger partial charge is 0.0705 e. The predicted octanol–water partition coefficient (Wildman–Crippen LogP) is 3.09. The number of aromatic nitrogens is 1. The number of rotatable bonds is 2. The topological polar surface area (TPSA) is 24.9 Å². The van der Waals surface area contributed by atoms with E-state index in [0.717, 1.165) is 12.1 Å². The van der Waals surface area contributed by atoms with Gasteiger partial charge in [-0.15, -0.1) is 0 Å². The molecule has 2 aromatic rings.